The van der Waals surface area contributed by atoms with Crippen molar-refractivity contribution in [3.8, 4) is 0 Å². The van der Waals surface area contributed by atoms with Crippen molar-refractivity contribution in [3.05, 3.63) is 58.6 Å². The van der Waals surface area contributed by atoms with E-state index in [0.717, 1.165) is 11.8 Å². The number of carbonyl (C=O) groups is 1. The highest BCUT2D eigenvalue weighted by atomic mass is 35.5. The minimum atomic E-state index is -3.37. The second-order valence-electron chi connectivity index (χ2n) is 7.51. The molecule has 0 aliphatic carbocycles. The summed E-state index contributed by atoms with van der Waals surface area (Å²) in [6, 6.07) is 12.5. The van der Waals surface area contributed by atoms with E-state index in [2.05, 4.69) is 43.5 Å². The van der Waals surface area contributed by atoms with E-state index in [1.165, 1.54) is 23.8 Å². The number of sulfone groups is 1. The van der Waals surface area contributed by atoms with Crippen molar-refractivity contribution in [2.45, 2.75) is 37.6 Å². The number of halogens is 1. The average molecular weight is 409 g/mol. The van der Waals surface area contributed by atoms with E-state index in [1.54, 1.807) is 0 Å². The standard InChI is InChI=1S/C20H25ClN2O3S/c1-20(2,3)15-7-5-14(6-8-15)12-22-13-19(24)23-18-11-16(27(4,25)26)9-10-17(18)21/h5-11,22H,12-13H2,1-4H3,(H,23,24). The lowest BCUT2D eigenvalue weighted by atomic mass is 9.87. The zero-order valence-corrected chi connectivity index (χ0v) is 17.5. The van der Waals surface area contributed by atoms with E-state index in [0.29, 0.717) is 6.54 Å². The van der Waals surface area contributed by atoms with Crippen molar-refractivity contribution >= 4 is 33.0 Å². The van der Waals surface area contributed by atoms with Crippen LogP contribution in [0.25, 0.3) is 0 Å². The molecule has 0 saturated carbocycles. The molecule has 0 unspecified atom stereocenters. The smallest absolute Gasteiger partial charge is 0.238 e. The summed E-state index contributed by atoms with van der Waals surface area (Å²) >= 11 is 6.04. The van der Waals surface area contributed by atoms with E-state index < -0.39 is 9.84 Å². The number of hydrogen-bond acceptors (Lipinski definition) is 4. The van der Waals surface area contributed by atoms with Crippen molar-refractivity contribution in [2.24, 2.45) is 0 Å². The summed E-state index contributed by atoms with van der Waals surface area (Å²) in [4.78, 5) is 12.2. The highest BCUT2D eigenvalue weighted by Gasteiger charge is 2.14. The predicted molar refractivity (Wildman–Crippen MR) is 110 cm³/mol. The fourth-order valence-electron chi connectivity index (χ4n) is 2.47. The summed E-state index contributed by atoms with van der Waals surface area (Å²) in [5.41, 5.74) is 2.71. The molecule has 0 saturated heterocycles. The van der Waals surface area contributed by atoms with Crippen molar-refractivity contribution < 1.29 is 13.2 Å². The lowest BCUT2D eigenvalue weighted by Gasteiger charge is -2.19. The predicted octanol–water partition coefficient (Wildman–Crippen LogP) is 3.77. The van der Waals surface area contributed by atoms with Gasteiger partial charge in [0, 0.05) is 12.8 Å². The van der Waals surface area contributed by atoms with Crippen molar-refractivity contribution in [2.75, 3.05) is 18.1 Å². The molecule has 7 heteroatoms. The Labute approximate surface area is 166 Å². The molecule has 0 aromatic heterocycles. The molecule has 0 aliphatic heterocycles. The summed E-state index contributed by atoms with van der Waals surface area (Å²) in [5.74, 6) is -0.297. The Bertz CT molecular complexity index is 917. The van der Waals surface area contributed by atoms with Crippen LogP contribution in [0.5, 0.6) is 0 Å². The van der Waals surface area contributed by atoms with E-state index in [1.807, 2.05) is 12.1 Å². The Morgan fingerprint density at radius 2 is 1.70 bits per heavy atom. The van der Waals surface area contributed by atoms with Gasteiger partial charge in [0.15, 0.2) is 9.84 Å². The molecule has 5 nitrogen and oxygen atoms in total. The summed E-state index contributed by atoms with van der Waals surface area (Å²) in [7, 11) is -3.37. The normalized spacial score (nSPS) is 12.0. The molecule has 0 atom stereocenters. The second-order valence-corrected chi connectivity index (χ2v) is 9.94. The number of benzene rings is 2. The van der Waals surface area contributed by atoms with Gasteiger partial charge in [-0.05, 0) is 34.7 Å². The minimum absolute atomic E-state index is 0.0838. The van der Waals surface area contributed by atoms with Crippen LogP contribution < -0.4 is 10.6 Å². The van der Waals surface area contributed by atoms with E-state index in [4.69, 9.17) is 11.6 Å². The molecule has 2 aromatic rings. The van der Waals surface area contributed by atoms with Gasteiger partial charge >= 0.3 is 0 Å². The molecule has 0 heterocycles. The molecule has 0 aliphatic rings. The van der Waals surface area contributed by atoms with Crippen molar-refractivity contribution in [3.63, 3.8) is 0 Å². The molecule has 146 valence electrons. The number of amides is 1. The lowest BCUT2D eigenvalue weighted by molar-refractivity contribution is -0.115. The number of anilines is 1. The number of nitrogens with one attached hydrogen (secondary N) is 2. The van der Waals surface area contributed by atoms with Gasteiger partial charge in [0.1, 0.15) is 0 Å². The van der Waals surface area contributed by atoms with Crippen LogP contribution in [-0.2, 0) is 26.6 Å². The Hall–Kier alpha value is -1.89. The Kier molecular flexibility index (Phi) is 6.68. The average Bonchev–Trinajstić information content (AvgIpc) is 2.55. The molecule has 2 aromatic carbocycles. The number of rotatable bonds is 6. The van der Waals surface area contributed by atoms with E-state index >= 15 is 0 Å². The van der Waals surface area contributed by atoms with Gasteiger partial charge in [0.25, 0.3) is 0 Å². The molecular weight excluding hydrogens is 384 g/mol. The van der Waals surface area contributed by atoms with E-state index in [-0.39, 0.29) is 33.5 Å². The van der Waals surface area contributed by atoms with Crippen molar-refractivity contribution in [1.29, 1.82) is 0 Å². The maximum atomic E-state index is 12.1. The van der Waals surface area contributed by atoms with Crippen LogP contribution in [-0.4, -0.2) is 27.1 Å². The van der Waals surface area contributed by atoms with Crippen molar-refractivity contribution in [1.82, 2.24) is 5.32 Å². The molecular formula is C20H25ClN2O3S. The van der Waals surface area contributed by atoms with Crippen LogP contribution in [0, 0.1) is 0 Å². The van der Waals surface area contributed by atoms with Gasteiger partial charge in [0.2, 0.25) is 5.91 Å². The quantitative estimate of drug-likeness (QED) is 0.762. The zero-order chi connectivity index (χ0) is 20.2. The molecule has 0 radical (unpaired) electrons. The van der Waals surface area contributed by atoms with Gasteiger partial charge in [-0.1, -0.05) is 56.6 Å². The van der Waals surface area contributed by atoms with E-state index in [9.17, 15) is 13.2 Å². The SMILES string of the molecule is CC(C)(C)c1ccc(CNCC(=O)Nc2cc(S(C)(=O)=O)ccc2Cl)cc1. The highest BCUT2D eigenvalue weighted by Crippen LogP contribution is 2.25. The maximum absolute atomic E-state index is 12.1. The molecule has 2 N–H and O–H groups in total. The van der Waals surface area contributed by atoms with Crippen LogP contribution in [0.4, 0.5) is 5.69 Å². The summed E-state index contributed by atoms with van der Waals surface area (Å²) in [6.07, 6.45) is 1.11. The minimum Gasteiger partial charge on any atom is -0.324 e. The van der Waals surface area contributed by atoms with Crippen LogP contribution in [0.15, 0.2) is 47.4 Å². The lowest BCUT2D eigenvalue weighted by Crippen LogP contribution is -2.28. The van der Waals surface area contributed by atoms with Gasteiger partial charge in [-0.2, -0.15) is 0 Å². The Balaban J connectivity index is 1.92. The van der Waals surface area contributed by atoms with Gasteiger partial charge in [0.05, 0.1) is 22.2 Å². The van der Waals surface area contributed by atoms with Crippen LogP contribution >= 0.6 is 11.6 Å². The molecule has 2 rings (SSSR count). The van der Waals surface area contributed by atoms with Gasteiger partial charge < -0.3 is 10.6 Å². The molecule has 0 fully saturated rings. The molecule has 0 spiro atoms. The fourth-order valence-corrected chi connectivity index (χ4v) is 3.28. The second kappa shape index (κ2) is 8.42. The maximum Gasteiger partial charge on any atom is 0.238 e. The zero-order valence-electron chi connectivity index (χ0n) is 16.0. The summed E-state index contributed by atoms with van der Waals surface area (Å²) in [6.45, 7) is 7.12. The molecule has 0 bridgehead atoms. The summed E-state index contributed by atoms with van der Waals surface area (Å²) < 4.78 is 23.3. The largest absolute Gasteiger partial charge is 0.324 e. The van der Waals surface area contributed by atoms with Crippen LogP contribution in [0.1, 0.15) is 31.9 Å². The third-order valence-corrected chi connectivity index (χ3v) is 5.51. The molecule has 27 heavy (non-hydrogen) atoms. The highest BCUT2D eigenvalue weighted by molar-refractivity contribution is 7.90. The van der Waals surface area contributed by atoms with Gasteiger partial charge in [-0.15, -0.1) is 0 Å². The first-order valence-corrected chi connectivity index (χ1v) is 10.8. The Morgan fingerprint density at radius 1 is 1.07 bits per heavy atom. The molecule has 1 amide bonds. The first-order chi connectivity index (χ1) is 12.5. The monoisotopic (exact) mass is 408 g/mol. The number of hydrogen-bond donors (Lipinski definition) is 2. The van der Waals surface area contributed by atoms with Crippen LogP contribution in [0.3, 0.4) is 0 Å². The van der Waals surface area contributed by atoms with Gasteiger partial charge in [-0.25, -0.2) is 8.42 Å². The van der Waals surface area contributed by atoms with Gasteiger partial charge in [-0.3, -0.25) is 4.79 Å². The third-order valence-electron chi connectivity index (χ3n) is 4.07. The fraction of sp³-hybridized carbons (Fsp3) is 0.350. The first-order valence-electron chi connectivity index (χ1n) is 8.56. The third kappa shape index (κ3) is 6.34. The summed E-state index contributed by atoms with van der Waals surface area (Å²) in [5, 5.41) is 6.00. The first kappa shape index (κ1) is 21.4. The number of carbonyl (C=O) groups excluding carboxylic acids is 1. The topological polar surface area (TPSA) is 75.3 Å². The van der Waals surface area contributed by atoms with Crippen LogP contribution in [0.2, 0.25) is 5.02 Å². The Morgan fingerprint density at radius 3 is 2.26 bits per heavy atom.